The van der Waals surface area contributed by atoms with E-state index in [-0.39, 0.29) is 42.7 Å². The van der Waals surface area contributed by atoms with E-state index in [2.05, 4.69) is 0 Å². The van der Waals surface area contributed by atoms with Gasteiger partial charge in [0.15, 0.2) is 5.78 Å². The van der Waals surface area contributed by atoms with Crippen molar-refractivity contribution in [3.05, 3.63) is 11.6 Å². The minimum Gasteiger partial charge on any atom is -0.462 e. The molecule has 1 saturated heterocycles. The molecule has 2 aliphatic carbocycles. The first-order valence-corrected chi connectivity index (χ1v) is 6.92. The van der Waals surface area contributed by atoms with Crippen LogP contribution in [0.15, 0.2) is 11.6 Å². The molecule has 4 heteroatoms. The first kappa shape index (κ1) is 12.9. The number of hydrogen-bond acceptors (Lipinski definition) is 4. The van der Waals surface area contributed by atoms with Gasteiger partial charge in [0.25, 0.3) is 0 Å². The number of aliphatic hydroxyl groups is 1. The third kappa shape index (κ3) is 1.38. The van der Waals surface area contributed by atoms with E-state index in [9.17, 15) is 14.7 Å². The van der Waals surface area contributed by atoms with Gasteiger partial charge in [-0.2, -0.15) is 0 Å². The zero-order valence-electron chi connectivity index (χ0n) is 11.6. The fourth-order valence-electron chi connectivity index (χ4n) is 4.29. The lowest BCUT2D eigenvalue weighted by atomic mass is 9.51. The SMILES string of the molecule is C[C@H]1C(=O)C=C2[C@@]13CC(=O)O[C@@H](C3)[C@H](C)[C@]2(C)CO. The molecule has 2 fully saturated rings. The van der Waals surface area contributed by atoms with Gasteiger partial charge in [-0.1, -0.05) is 26.3 Å². The molecule has 0 amide bonds. The van der Waals surface area contributed by atoms with Crippen LogP contribution in [0.1, 0.15) is 33.6 Å². The number of hydrogen-bond donors (Lipinski definition) is 1. The second-order valence-corrected chi connectivity index (χ2v) is 6.61. The highest BCUT2D eigenvalue weighted by Crippen LogP contribution is 2.63. The summed E-state index contributed by atoms with van der Waals surface area (Å²) >= 11 is 0. The average molecular weight is 264 g/mol. The van der Waals surface area contributed by atoms with Crippen LogP contribution in [0.5, 0.6) is 0 Å². The summed E-state index contributed by atoms with van der Waals surface area (Å²) in [5.41, 5.74) is 0.0888. The molecule has 4 nitrogen and oxygen atoms in total. The Morgan fingerprint density at radius 2 is 2.11 bits per heavy atom. The first-order valence-electron chi connectivity index (χ1n) is 6.92. The van der Waals surface area contributed by atoms with Crippen LogP contribution in [0, 0.1) is 22.7 Å². The molecule has 0 aromatic carbocycles. The Hall–Kier alpha value is -1.16. The first-order chi connectivity index (χ1) is 8.85. The Morgan fingerprint density at radius 1 is 1.42 bits per heavy atom. The summed E-state index contributed by atoms with van der Waals surface area (Å²) in [4.78, 5) is 24.0. The molecule has 104 valence electrons. The van der Waals surface area contributed by atoms with Gasteiger partial charge in [0.05, 0.1) is 13.0 Å². The molecule has 0 aromatic rings. The highest BCUT2D eigenvalue weighted by molar-refractivity contribution is 5.98. The van der Waals surface area contributed by atoms with Crippen LogP contribution >= 0.6 is 0 Å². The van der Waals surface area contributed by atoms with Gasteiger partial charge in [0.2, 0.25) is 0 Å². The number of allylic oxidation sites excluding steroid dienone is 1. The van der Waals surface area contributed by atoms with E-state index in [0.717, 1.165) is 5.57 Å². The minimum absolute atomic E-state index is 0.0181. The topological polar surface area (TPSA) is 63.6 Å². The van der Waals surface area contributed by atoms with Crippen molar-refractivity contribution in [1.82, 2.24) is 0 Å². The minimum atomic E-state index is -0.468. The van der Waals surface area contributed by atoms with E-state index in [1.807, 2.05) is 20.8 Å². The van der Waals surface area contributed by atoms with Crippen LogP contribution in [-0.4, -0.2) is 29.6 Å². The summed E-state index contributed by atoms with van der Waals surface area (Å²) in [6.45, 7) is 5.86. The Kier molecular flexibility index (Phi) is 2.50. The highest BCUT2D eigenvalue weighted by atomic mass is 16.5. The van der Waals surface area contributed by atoms with Gasteiger partial charge >= 0.3 is 5.97 Å². The van der Waals surface area contributed by atoms with E-state index in [0.29, 0.717) is 6.42 Å². The van der Waals surface area contributed by atoms with E-state index < -0.39 is 10.8 Å². The maximum absolute atomic E-state index is 12.1. The average Bonchev–Trinajstić information content (AvgIpc) is 2.61. The van der Waals surface area contributed by atoms with Crippen LogP contribution in [-0.2, 0) is 14.3 Å². The molecule has 1 saturated carbocycles. The van der Waals surface area contributed by atoms with Crippen LogP contribution in [0.2, 0.25) is 0 Å². The molecule has 3 aliphatic rings. The zero-order chi connectivity index (χ0) is 14.0. The maximum atomic E-state index is 12.1. The Labute approximate surface area is 112 Å². The fourth-order valence-corrected chi connectivity index (χ4v) is 4.29. The number of ketones is 1. The third-order valence-electron chi connectivity index (χ3n) is 5.89. The number of aliphatic hydroxyl groups excluding tert-OH is 1. The van der Waals surface area contributed by atoms with Gasteiger partial charge in [-0.05, 0) is 12.5 Å². The third-order valence-corrected chi connectivity index (χ3v) is 5.89. The van der Waals surface area contributed by atoms with E-state index in [1.165, 1.54) is 0 Å². The number of carbonyl (C=O) groups excluding carboxylic acids is 2. The van der Waals surface area contributed by atoms with Gasteiger partial charge in [-0.25, -0.2) is 0 Å². The standard InChI is InChI=1S/C15H20O4/c1-8-10(17)4-12-14(3,7-16)9(2)11-5-15(8,12)6-13(18)19-11/h4,8-9,11,16H,5-7H2,1-3H3/t8-,9-,11-,14-,15-/m0/s1. The fraction of sp³-hybridized carbons (Fsp3) is 0.733. The lowest BCUT2D eigenvalue weighted by Crippen LogP contribution is -2.56. The van der Waals surface area contributed by atoms with Crippen molar-refractivity contribution in [2.75, 3.05) is 6.61 Å². The summed E-state index contributed by atoms with van der Waals surface area (Å²) in [5, 5.41) is 9.87. The van der Waals surface area contributed by atoms with Crippen LogP contribution in [0.4, 0.5) is 0 Å². The molecule has 0 radical (unpaired) electrons. The zero-order valence-corrected chi connectivity index (χ0v) is 11.6. The highest BCUT2D eigenvalue weighted by Gasteiger charge is 2.63. The second kappa shape index (κ2) is 3.69. The number of rotatable bonds is 1. The van der Waals surface area contributed by atoms with Gasteiger partial charge in [-0.3, -0.25) is 9.59 Å². The molecule has 0 aromatic heterocycles. The molecule has 1 N–H and O–H groups in total. The molecule has 19 heavy (non-hydrogen) atoms. The molecular formula is C15H20O4. The quantitative estimate of drug-likeness (QED) is 0.728. The van der Waals surface area contributed by atoms with Crippen molar-refractivity contribution >= 4 is 11.8 Å². The van der Waals surface area contributed by atoms with Crippen molar-refractivity contribution in [3.8, 4) is 0 Å². The number of fused-ring (bicyclic) bond motifs is 1. The molecule has 1 spiro atoms. The van der Waals surface area contributed by atoms with Crippen molar-refractivity contribution < 1.29 is 19.4 Å². The summed E-state index contributed by atoms with van der Waals surface area (Å²) < 4.78 is 5.46. The van der Waals surface area contributed by atoms with Crippen molar-refractivity contribution in [3.63, 3.8) is 0 Å². The van der Waals surface area contributed by atoms with Crippen LogP contribution in [0.3, 0.4) is 0 Å². The molecule has 3 rings (SSSR count). The van der Waals surface area contributed by atoms with Gasteiger partial charge in [0.1, 0.15) is 6.10 Å². The molecule has 1 heterocycles. The predicted octanol–water partition coefficient (Wildman–Crippen LogP) is 1.47. The second-order valence-electron chi connectivity index (χ2n) is 6.61. The monoisotopic (exact) mass is 264 g/mol. The maximum Gasteiger partial charge on any atom is 0.306 e. The van der Waals surface area contributed by atoms with E-state index in [4.69, 9.17) is 4.74 Å². The van der Waals surface area contributed by atoms with Crippen LogP contribution < -0.4 is 0 Å². The predicted molar refractivity (Wildman–Crippen MR) is 68.2 cm³/mol. The van der Waals surface area contributed by atoms with E-state index in [1.54, 1.807) is 6.08 Å². The van der Waals surface area contributed by atoms with Gasteiger partial charge in [0, 0.05) is 22.7 Å². The molecule has 2 bridgehead atoms. The van der Waals surface area contributed by atoms with Gasteiger partial charge < -0.3 is 9.84 Å². The number of esters is 1. The smallest absolute Gasteiger partial charge is 0.306 e. The normalized spacial score (nSPS) is 48.6. The molecule has 5 atom stereocenters. The lowest BCUT2D eigenvalue weighted by molar-refractivity contribution is -0.180. The summed E-state index contributed by atoms with van der Waals surface area (Å²) in [5.74, 6) is -0.289. The van der Waals surface area contributed by atoms with Crippen molar-refractivity contribution in [2.24, 2.45) is 22.7 Å². The Morgan fingerprint density at radius 3 is 2.74 bits per heavy atom. The largest absolute Gasteiger partial charge is 0.462 e. The Balaban J connectivity index is 2.19. The summed E-state index contributed by atoms with van der Waals surface area (Å²) in [7, 11) is 0. The van der Waals surface area contributed by atoms with Crippen molar-refractivity contribution in [2.45, 2.75) is 39.7 Å². The molecule has 0 unspecified atom stereocenters. The number of ether oxygens (including phenoxy) is 1. The van der Waals surface area contributed by atoms with Gasteiger partial charge in [-0.15, -0.1) is 0 Å². The summed E-state index contributed by atoms with van der Waals surface area (Å²) in [6.07, 6.45) is 2.48. The summed E-state index contributed by atoms with van der Waals surface area (Å²) in [6, 6.07) is 0. The Bertz CT molecular complexity index is 494. The van der Waals surface area contributed by atoms with E-state index >= 15 is 0 Å². The van der Waals surface area contributed by atoms with Crippen molar-refractivity contribution in [1.29, 1.82) is 0 Å². The lowest BCUT2D eigenvalue weighted by Gasteiger charge is -2.56. The molecular weight excluding hydrogens is 244 g/mol. The number of carbonyl (C=O) groups is 2. The molecule has 1 aliphatic heterocycles. The van der Waals surface area contributed by atoms with Crippen LogP contribution in [0.25, 0.3) is 0 Å².